The van der Waals surface area contributed by atoms with Crippen LogP contribution >= 0.6 is 0 Å². The second-order valence-electron chi connectivity index (χ2n) is 5.17. The van der Waals surface area contributed by atoms with E-state index in [-0.39, 0.29) is 11.8 Å². The van der Waals surface area contributed by atoms with Gasteiger partial charge in [-0.25, -0.2) is 5.43 Å². The molecule has 1 saturated carbocycles. The zero-order valence-electron chi connectivity index (χ0n) is 11.7. The van der Waals surface area contributed by atoms with Gasteiger partial charge in [-0.2, -0.15) is 5.10 Å². The van der Waals surface area contributed by atoms with Gasteiger partial charge in [-0.05, 0) is 29.7 Å². The molecule has 2 aromatic carbocycles. The fourth-order valence-corrected chi connectivity index (χ4v) is 2.10. The normalized spacial score (nSPS) is 14.2. The maximum Gasteiger partial charge on any atom is 0.329 e. The number of phenolic OH excluding ortho intramolecular Hbond substituents is 1. The van der Waals surface area contributed by atoms with Crippen LogP contribution < -0.4 is 10.7 Å². The van der Waals surface area contributed by atoms with Gasteiger partial charge < -0.3 is 10.4 Å². The van der Waals surface area contributed by atoms with Gasteiger partial charge in [-0.15, -0.1) is 0 Å². The Labute approximate surface area is 126 Å². The molecular formula is C16H15N3O3. The number of hydrazone groups is 1. The molecule has 0 unspecified atom stereocenters. The summed E-state index contributed by atoms with van der Waals surface area (Å²) in [6, 6.07) is 11.0. The van der Waals surface area contributed by atoms with Crippen molar-refractivity contribution in [1.82, 2.24) is 10.7 Å². The molecular weight excluding hydrogens is 282 g/mol. The van der Waals surface area contributed by atoms with Crippen molar-refractivity contribution in [2.24, 2.45) is 5.10 Å². The summed E-state index contributed by atoms with van der Waals surface area (Å²) < 4.78 is 0. The number of hydrogen-bond acceptors (Lipinski definition) is 4. The standard InChI is InChI=1S/C16H15N3O3/c20-14-8-5-10-3-1-2-4-12(10)13(14)9-17-19-16(22)15(21)18-11-6-7-11/h1-5,8-9,11,20H,6-7H2,(H,18,21)(H,19,22). The fraction of sp³-hybridized carbons (Fsp3) is 0.188. The van der Waals surface area contributed by atoms with Gasteiger partial charge in [0.05, 0.1) is 6.21 Å². The van der Waals surface area contributed by atoms with E-state index in [1.165, 1.54) is 6.21 Å². The first-order valence-electron chi connectivity index (χ1n) is 7.00. The molecule has 1 aliphatic rings. The molecule has 3 rings (SSSR count). The Morgan fingerprint density at radius 3 is 2.68 bits per heavy atom. The number of benzene rings is 2. The molecule has 0 spiro atoms. The first-order valence-corrected chi connectivity index (χ1v) is 7.00. The van der Waals surface area contributed by atoms with E-state index >= 15 is 0 Å². The number of carbonyl (C=O) groups is 2. The lowest BCUT2D eigenvalue weighted by Gasteiger charge is -2.05. The van der Waals surface area contributed by atoms with Crippen LogP contribution in [0, 0.1) is 0 Å². The Bertz CT molecular complexity index is 766. The van der Waals surface area contributed by atoms with Crippen molar-refractivity contribution < 1.29 is 14.7 Å². The van der Waals surface area contributed by atoms with Gasteiger partial charge in [0.1, 0.15) is 5.75 Å². The van der Waals surface area contributed by atoms with Crippen LogP contribution in [0.4, 0.5) is 0 Å². The van der Waals surface area contributed by atoms with Crippen molar-refractivity contribution >= 4 is 28.8 Å². The van der Waals surface area contributed by atoms with Gasteiger partial charge in [-0.3, -0.25) is 9.59 Å². The number of amides is 2. The fourth-order valence-electron chi connectivity index (χ4n) is 2.10. The van der Waals surface area contributed by atoms with E-state index in [2.05, 4.69) is 15.8 Å². The first-order chi connectivity index (χ1) is 10.6. The van der Waals surface area contributed by atoms with E-state index in [0.717, 1.165) is 23.6 Å². The number of carbonyl (C=O) groups excluding carboxylic acids is 2. The van der Waals surface area contributed by atoms with E-state index in [9.17, 15) is 14.7 Å². The topological polar surface area (TPSA) is 90.8 Å². The van der Waals surface area contributed by atoms with Crippen molar-refractivity contribution in [2.75, 3.05) is 0 Å². The second kappa shape index (κ2) is 5.85. The molecule has 0 aromatic heterocycles. The van der Waals surface area contributed by atoms with Gasteiger partial charge in [0, 0.05) is 11.6 Å². The third-order valence-electron chi connectivity index (χ3n) is 3.43. The smallest absolute Gasteiger partial charge is 0.329 e. The zero-order chi connectivity index (χ0) is 15.5. The van der Waals surface area contributed by atoms with Crippen LogP contribution in [-0.2, 0) is 9.59 Å². The molecule has 22 heavy (non-hydrogen) atoms. The van der Waals surface area contributed by atoms with Gasteiger partial charge in [0.25, 0.3) is 0 Å². The number of fused-ring (bicyclic) bond motifs is 1. The highest BCUT2D eigenvalue weighted by atomic mass is 16.3. The Kier molecular flexibility index (Phi) is 3.74. The molecule has 0 aliphatic heterocycles. The highest BCUT2D eigenvalue weighted by Gasteiger charge is 2.26. The van der Waals surface area contributed by atoms with E-state index in [1.54, 1.807) is 12.1 Å². The van der Waals surface area contributed by atoms with Gasteiger partial charge >= 0.3 is 11.8 Å². The van der Waals surface area contributed by atoms with E-state index < -0.39 is 11.8 Å². The molecule has 6 nitrogen and oxygen atoms in total. The summed E-state index contributed by atoms with van der Waals surface area (Å²) in [6.07, 6.45) is 3.15. The zero-order valence-corrected chi connectivity index (χ0v) is 11.7. The molecule has 6 heteroatoms. The second-order valence-corrected chi connectivity index (χ2v) is 5.17. The molecule has 0 heterocycles. The predicted molar refractivity (Wildman–Crippen MR) is 82.5 cm³/mol. The average Bonchev–Trinajstić information content (AvgIpc) is 3.33. The molecule has 1 fully saturated rings. The van der Waals surface area contributed by atoms with Crippen LogP contribution in [0.3, 0.4) is 0 Å². The molecule has 0 saturated heterocycles. The Balaban J connectivity index is 1.73. The number of aromatic hydroxyl groups is 1. The molecule has 0 bridgehead atoms. The average molecular weight is 297 g/mol. The number of phenols is 1. The van der Waals surface area contributed by atoms with Crippen LogP contribution in [0.1, 0.15) is 18.4 Å². The molecule has 112 valence electrons. The molecule has 3 N–H and O–H groups in total. The van der Waals surface area contributed by atoms with Crippen LogP contribution in [0.2, 0.25) is 0 Å². The maximum atomic E-state index is 11.5. The maximum absolute atomic E-state index is 11.5. The van der Waals surface area contributed by atoms with Crippen LogP contribution in [0.15, 0.2) is 41.5 Å². The van der Waals surface area contributed by atoms with Crippen molar-refractivity contribution in [3.05, 3.63) is 42.0 Å². The number of nitrogens with zero attached hydrogens (tertiary/aromatic N) is 1. The summed E-state index contributed by atoms with van der Waals surface area (Å²) in [6.45, 7) is 0. The minimum absolute atomic E-state index is 0.0548. The van der Waals surface area contributed by atoms with E-state index in [1.807, 2.05) is 24.3 Å². The summed E-state index contributed by atoms with van der Waals surface area (Å²) in [5, 5.41) is 18.0. The minimum Gasteiger partial charge on any atom is -0.507 e. The van der Waals surface area contributed by atoms with Gasteiger partial charge in [-0.1, -0.05) is 30.3 Å². The van der Waals surface area contributed by atoms with Crippen LogP contribution in [0.5, 0.6) is 5.75 Å². The summed E-state index contributed by atoms with van der Waals surface area (Å²) in [5.74, 6) is -1.45. The monoisotopic (exact) mass is 297 g/mol. The largest absolute Gasteiger partial charge is 0.507 e. The van der Waals surface area contributed by atoms with Crippen LogP contribution in [-0.4, -0.2) is 29.2 Å². The third-order valence-corrected chi connectivity index (χ3v) is 3.43. The summed E-state index contributed by atoms with van der Waals surface area (Å²) in [7, 11) is 0. The summed E-state index contributed by atoms with van der Waals surface area (Å²) >= 11 is 0. The lowest BCUT2D eigenvalue weighted by atomic mass is 10.0. The molecule has 2 amide bonds. The SMILES string of the molecule is O=C(NN=Cc1c(O)ccc2ccccc12)C(=O)NC1CC1. The van der Waals surface area contributed by atoms with Crippen LogP contribution in [0.25, 0.3) is 10.8 Å². The number of nitrogens with one attached hydrogen (secondary N) is 2. The van der Waals surface area contributed by atoms with Gasteiger partial charge in [0.15, 0.2) is 0 Å². The molecule has 1 aliphatic carbocycles. The Morgan fingerprint density at radius 2 is 1.91 bits per heavy atom. The summed E-state index contributed by atoms with van der Waals surface area (Å²) in [5.41, 5.74) is 2.65. The number of hydrogen-bond donors (Lipinski definition) is 3. The highest BCUT2D eigenvalue weighted by Crippen LogP contribution is 2.25. The van der Waals surface area contributed by atoms with Crippen molar-refractivity contribution in [2.45, 2.75) is 18.9 Å². The quantitative estimate of drug-likeness (QED) is 0.453. The molecule has 0 atom stereocenters. The minimum atomic E-state index is -0.817. The lowest BCUT2D eigenvalue weighted by molar-refractivity contribution is -0.139. The van der Waals surface area contributed by atoms with E-state index in [4.69, 9.17) is 0 Å². The first kappa shape index (κ1) is 14.1. The third kappa shape index (κ3) is 3.06. The van der Waals surface area contributed by atoms with E-state index in [0.29, 0.717) is 5.56 Å². The van der Waals surface area contributed by atoms with Crippen molar-refractivity contribution in [1.29, 1.82) is 0 Å². The summed E-state index contributed by atoms with van der Waals surface area (Å²) in [4.78, 5) is 23.0. The molecule has 2 aromatic rings. The Morgan fingerprint density at radius 1 is 1.14 bits per heavy atom. The van der Waals surface area contributed by atoms with Crippen molar-refractivity contribution in [3.63, 3.8) is 0 Å². The Hall–Kier alpha value is -2.89. The molecule has 0 radical (unpaired) electrons. The number of rotatable bonds is 3. The lowest BCUT2D eigenvalue weighted by Crippen LogP contribution is -2.38. The van der Waals surface area contributed by atoms with Gasteiger partial charge in [0.2, 0.25) is 0 Å². The highest BCUT2D eigenvalue weighted by molar-refractivity contribution is 6.35. The van der Waals surface area contributed by atoms with Crippen molar-refractivity contribution in [3.8, 4) is 5.75 Å². The predicted octanol–water partition coefficient (Wildman–Crippen LogP) is 1.27.